The van der Waals surface area contributed by atoms with Crippen molar-refractivity contribution in [1.82, 2.24) is 30.4 Å². The quantitative estimate of drug-likeness (QED) is 0.554. The number of thioether (sulfide) groups is 1. The van der Waals surface area contributed by atoms with Crippen molar-refractivity contribution in [3.63, 3.8) is 0 Å². The zero-order valence-corrected chi connectivity index (χ0v) is 16.9. The first-order valence-electron chi connectivity index (χ1n) is 9.25. The molecule has 29 heavy (non-hydrogen) atoms. The SMILES string of the molecule is CCCNC(=O)NC(=O)CSc1nnc(-c2cccnc2)n1Cc1ccccc1. The van der Waals surface area contributed by atoms with E-state index in [4.69, 9.17) is 0 Å². The molecule has 0 fully saturated rings. The second-order valence-electron chi connectivity index (χ2n) is 6.21. The Morgan fingerprint density at radius 3 is 2.66 bits per heavy atom. The van der Waals surface area contributed by atoms with Crippen LogP contribution in [0.2, 0.25) is 0 Å². The second kappa shape index (κ2) is 10.4. The molecule has 0 saturated carbocycles. The van der Waals surface area contributed by atoms with Crippen molar-refractivity contribution >= 4 is 23.7 Å². The maximum absolute atomic E-state index is 12.1. The van der Waals surface area contributed by atoms with Gasteiger partial charge in [0.15, 0.2) is 11.0 Å². The number of pyridine rings is 1. The Morgan fingerprint density at radius 1 is 1.10 bits per heavy atom. The smallest absolute Gasteiger partial charge is 0.321 e. The molecule has 1 aromatic carbocycles. The molecule has 2 heterocycles. The van der Waals surface area contributed by atoms with E-state index in [-0.39, 0.29) is 11.7 Å². The summed E-state index contributed by atoms with van der Waals surface area (Å²) < 4.78 is 1.95. The molecule has 0 unspecified atom stereocenters. The lowest BCUT2D eigenvalue weighted by Gasteiger charge is -2.10. The summed E-state index contributed by atoms with van der Waals surface area (Å²) in [4.78, 5) is 27.9. The van der Waals surface area contributed by atoms with Crippen molar-refractivity contribution in [3.05, 3.63) is 60.4 Å². The molecule has 0 atom stereocenters. The normalized spacial score (nSPS) is 10.5. The minimum Gasteiger partial charge on any atom is -0.338 e. The average Bonchev–Trinajstić information content (AvgIpc) is 3.14. The van der Waals surface area contributed by atoms with Crippen molar-refractivity contribution < 1.29 is 9.59 Å². The van der Waals surface area contributed by atoms with Gasteiger partial charge in [0.1, 0.15) is 0 Å². The van der Waals surface area contributed by atoms with Crippen molar-refractivity contribution in [2.75, 3.05) is 12.3 Å². The summed E-state index contributed by atoms with van der Waals surface area (Å²) in [6.45, 7) is 3.02. The summed E-state index contributed by atoms with van der Waals surface area (Å²) >= 11 is 1.23. The number of rotatable bonds is 8. The Morgan fingerprint density at radius 2 is 1.93 bits per heavy atom. The standard InChI is InChI=1S/C20H22N6O2S/c1-2-10-22-19(28)23-17(27)14-29-20-25-24-18(16-9-6-11-21-12-16)26(20)13-15-7-4-3-5-8-15/h3-9,11-12H,2,10,13-14H2,1H3,(H2,22,23,27,28). The van der Waals surface area contributed by atoms with E-state index >= 15 is 0 Å². The van der Waals surface area contributed by atoms with E-state index in [0.717, 1.165) is 17.5 Å². The van der Waals surface area contributed by atoms with E-state index < -0.39 is 6.03 Å². The number of aromatic nitrogens is 4. The van der Waals surface area contributed by atoms with Gasteiger partial charge in [0, 0.05) is 24.5 Å². The first-order valence-corrected chi connectivity index (χ1v) is 10.2. The Labute approximate surface area is 173 Å². The van der Waals surface area contributed by atoms with Crippen molar-refractivity contribution in [1.29, 1.82) is 0 Å². The van der Waals surface area contributed by atoms with Gasteiger partial charge in [-0.05, 0) is 24.1 Å². The number of nitrogens with one attached hydrogen (secondary N) is 2. The fourth-order valence-electron chi connectivity index (χ4n) is 2.59. The predicted molar refractivity (Wildman–Crippen MR) is 111 cm³/mol. The van der Waals surface area contributed by atoms with Gasteiger partial charge in [0.05, 0.1) is 12.3 Å². The number of hydrogen-bond acceptors (Lipinski definition) is 6. The summed E-state index contributed by atoms with van der Waals surface area (Å²) in [5.74, 6) is 0.339. The molecular formula is C20H22N6O2S. The molecule has 3 amide bonds. The highest BCUT2D eigenvalue weighted by Crippen LogP contribution is 2.24. The third-order valence-corrected chi connectivity index (χ3v) is 4.91. The minimum absolute atomic E-state index is 0.0551. The summed E-state index contributed by atoms with van der Waals surface area (Å²) in [6, 6.07) is 13.2. The Hall–Kier alpha value is -3.20. The fourth-order valence-corrected chi connectivity index (χ4v) is 3.33. The van der Waals surface area contributed by atoms with Crippen LogP contribution in [0, 0.1) is 0 Å². The van der Waals surface area contributed by atoms with Gasteiger partial charge in [-0.1, -0.05) is 49.0 Å². The third-order valence-electron chi connectivity index (χ3n) is 3.94. The maximum Gasteiger partial charge on any atom is 0.321 e. The number of hydrogen-bond donors (Lipinski definition) is 2. The molecule has 9 heteroatoms. The lowest BCUT2D eigenvalue weighted by molar-refractivity contribution is -0.117. The summed E-state index contributed by atoms with van der Waals surface area (Å²) in [7, 11) is 0. The number of urea groups is 1. The minimum atomic E-state index is -0.487. The van der Waals surface area contributed by atoms with Crippen LogP contribution >= 0.6 is 11.8 Å². The van der Waals surface area contributed by atoms with Crippen molar-refractivity contribution in [3.8, 4) is 11.4 Å². The number of benzene rings is 1. The molecule has 0 saturated heterocycles. The van der Waals surface area contributed by atoms with Crippen LogP contribution in [0.1, 0.15) is 18.9 Å². The third kappa shape index (κ3) is 5.89. The largest absolute Gasteiger partial charge is 0.338 e. The second-order valence-corrected chi connectivity index (χ2v) is 7.15. The van der Waals surface area contributed by atoms with Gasteiger partial charge >= 0.3 is 6.03 Å². The van der Waals surface area contributed by atoms with Crippen LogP contribution in [0.25, 0.3) is 11.4 Å². The molecule has 2 aromatic heterocycles. The van der Waals surface area contributed by atoms with Gasteiger partial charge in [0.2, 0.25) is 5.91 Å². The number of imide groups is 1. The molecule has 0 aliphatic rings. The maximum atomic E-state index is 12.1. The van der Waals surface area contributed by atoms with Crippen LogP contribution in [0.3, 0.4) is 0 Å². The first kappa shape index (κ1) is 20.5. The molecule has 8 nitrogen and oxygen atoms in total. The highest BCUT2D eigenvalue weighted by molar-refractivity contribution is 7.99. The molecule has 3 rings (SSSR count). The van der Waals surface area contributed by atoms with Crippen LogP contribution in [0.5, 0.6) is 0 Å². The van der Waals surface area contributed by atoms with E-state index in [1.807, 2.05) is 54.0 Å². The van der Waals surface area contributed by atoms with Crippen LogP contribution in [0.15, 0.2) is 60.0 Å². The average molecular weight is 411 g/mol. The molecule has 0 radical (unpaired) electrons. The highest BCUT2D eigenvalue weighted by atomic mass is 32.2. The van der Waals surface area contributed by atoms with Crippen LogP contribution in [-0.4, -0.2) is 44.0 Å². The van der Waals surface area contributed by atoms with Gasteiger partial charge in [-0.2, -0.15) is 0 Å². The summed E-state index contributed by atoms with van der Waals surface area (Å²) in [5.41, 5.74) is 1.92. The summed E-state index contributed by atoms with van der Waals surface area (Å²) in [5, 5.41) is 14.1. The Bertz CT molecular complexity index is 946. The summed E-state index contributed by atoms with van der Waals surface area (Å²) in [6.07, 6.45) is 4.23. The monoisotopic (exact) mass is 410 g/mol. The Kier molecular flexibility index (Phi) is 7.34. The lowest BCUT2D eigenvalue weighted by atomic mass is 10.2. The number of nitrogens with zero attached hydrogens (tertiary/aromatic N) is 4. The van der Waals surface area contributed by atoms with E-state index in [2.05, 4.69) is 25.8 Å². The van der Waals surface area contributed by atoms with Crippen LogP contribution in [0.4, 0.5) is 4.79 Å². The molecule has 0 bridgehead atoms. The number of carbonyl (C=O) groups excluding carboxylic acids is 2. The zero-order valence-electron chi connectivity index (χ0n) is 16.0. The fraction of sp³-hybridized carbons (Fsp3) is 0.250. The lowest BCUT2D eigenvalue weighted by Crippen LogP contribution is -2.40. The van der Waals surface area contributed by atoms with Gasteiger partial charge < -0.3 is 5.32 Å². The molecule has 3 aromatic rings. The Balaban J connectivity index is 1.75. The van der Waals surface area contributed by atoms with Crippen LogP contribution < -0.4 is 10.6 Å². The van der Waals surface area contributed by atoms with Crippen molar-refractivity contribution in [2.24, 2.45) is 0 Å². The number of amides is 3. The predicted octanol–water partition coefficient (Wildman–Crippen LogP) is 2.72. The van der Waals surface area contributed by atoms with E-state index in [0.29, 0.717) is 24.1 Å². The van der Waals surface area contributed by atoms with Gasteiger partial charge in [0.25, 0.3) is 0 Å². The molecule has 0 spiro atoms. The molecule has 2 N–H and O–H groups in total. The molecule has 0 aliphatic heterocycles. The van der Waals surface area contributed by atoms with Crippen molar-refractivity contribution in [2.45, 2.75) is 25.0 Å². The van der Waals surface area contributed by atoms with E-state index in [1.165, 1.54) is 11.8 Å². The number of carbonyl (C=O) groups is 2. The molecule has 150 valence electrons. The molecular weight excluding hydrogens is 388 g/mol. The van der Waals surface area contributed by atoms with Crippen LogP contribution in [-0.2, 0) is 11.3 Å². The highest BCUT2D eigenvalue weighted by Gasteiger charge is 2.17. The van der Waals surface area contributed by atoms with Gasteiger partial charge in [-0.3, -0.25) is 19.7 Å². The molecule has 0 aliphatic carbocycles. The van der Waals surface area contributed by atoms with Gasteiger partial charge in [-0.15, -0.1) is 10.2 Å². The first-order chi connectivity index (χ1) is 14.2. The topological polar surface area (TPSA) is 102 Å². The zero-order chi connectivity index (χ0) is 20.5. The van der Waals surface area contributed by atoms with E-state index in [1.54, 1.807) is 12.4 Å². The van der Waals surface area contributed by atoms with E-state index in [9.17, 15) is 9.59 Å². The van der Waals surface area contributed by atoms with Gasteiger partial charge in [-0.25, -0.2) is 4.79 Å².